The first kappa shape index (κ1) is 21.0. The van der Waals surface area contributed by atoms with Gasteiger partial charge in [-0.05, 0) is 29.7 Å². The van der Waals surface area contributed by atoms with Gasteiger partial charge in [-0.1, -0.05) is 60.4 Å². The summed E-state index contributed by atoms with van der Waals surface area (Å²) in [6, 6.07) is 19.7. The molecule has 2 N–H and O–H groups in total. The largest absolute Gasteiger partial charge is 0.476 e. The van der Waals surface area contributed by atoms with Crippen LogP contribution in [0.15, 0.2) is 83.9 Å². The molecule has 1 heterocycles. The molecular weight excluding hydrogens is 431 g/mol. The van der Waals surface area contributed by atoms with Gasteiger partial charge in [0.1, 0.15) is 0 Å². The van der Waals surface area contributed by atoms with Crippen LogP contribution in [0.3, 0.4) is 0 Å². The zero-order chi connectivity index (χ0) is 22.7. The molecule has 0 amide bonds. The summed E-state index contributed by atoms with van der Waals surface area (Å²) < 4.78 is 42.6. The highest BCUT2D eigenvalue weighted by Gasteiger charge is 2.18. The standard InChI is InChI=1S/C24H15FN2O4S/c25-20-14-16(15-26-23(20)24(28)29)12-13-18-7-2-4-10-21(18)27-32(30,31)22-11-5-8-17-6-1-3-9-19(17)22/h1-11,14-15,27H,(H,28,29). The highest BCUT2D eigenvalue weighted by molar-refractivity contribution is 7.93. The summed E-state index contributed by atoms with van der Waals surface area (Å²) in [4.78, 5) is 14.6. The van der Waals surface area contributed by atoms with E-state index >= 15 is 0 Å². The quantitative estimate of drug-likeness (QED) is 0.457. The molecule has 1 aromatic heterocycles. The van der Waals surface area contributed by atoms with Gasteiger partial charge in [-0.3, -0.25) is 4.72 Å². The van der Waals surface area contributed by atoms with E-state index in [9.17, 15) is 17.6 Å². The minimum atomic E-state index is -3.92. The number of hydrogen-bond acceptors (Lipinski definition) is 4. The maximum atomic E-state index is 13.8. The van der Waals surface area contributed by atoms with E-state index in [1.54, 1.807) is 42.5 Å². The number of anilines is 1. The number of para-hydroxylation sites is 1. The number of pyridine rings is 1. The SMILES string of the molecule is O=C(O)c1ncc(C#Cc2ccccc2NS(=O)(=O)c2cccc3ccccc23)cc1F. The Morgan fingerprint density at radius 1 is 0.969 bits per heavy atom. The number of rotatable bonds is 4. The molecule has 0 saturated carbocycles. The van der Waals surface area contributed by atoms with Gasteiger partial charge >= 0.3 is 5.97 Å². The van der Waals surface area contributed by atoms with Crippen molar-refractivity contribution in [2.75, 3.05) is 4.72 Å². The van der Waals surface area contributed by atoms with Gasteiger partial charge in [0, 0.05) is 22.7 Å². The second-order valence-electron chi connectivity index (χ2n) is 6.74. The lowest BCUT2D eigenvalue weighted by molar-refractivity contribution is 0.0685. The minimum absolute atomic E-state index is 0.133. The van der Waals surface area contributed by atoms with Crippen molar-refractivity contribution in [1.29, 1.82) is 0 Å². The molecule has 4 rings (SSSR count). The normalized spacial score (nSPS) is 10.9. The number of aromatic nitrogens is 1. The molecule has 0 aliphatic heterocycles. The van der Waals surface area contributed by atoms with Crippen molar-refractivity contribution in [3.8, 4) is 11.8 Å². The van der Waals surface area contributed by atoms with E-state index in [4.69, 9.17) is 5.11 Å². The zero-order valence-electron chi connectivity index (χ0n) is 16.4. The number of hydrogen-bond donors (Lipinski definition) is 2. The van der Waals surface area contributed by atoms with Crippen LogP contribution < -0.4 is 4.72 Å². The van der Waals surface area contributed by atoms with Crippen LogP contribution in [0.1, 0.15) is 21.6 Å². The topological polar surface area (TPSA) is 96.4 Å². The Kier molecular flexibility index (Phi) is 5.58. The Morgan fingerprint density at radius 2 is 1.69 bits per heavy atom. The Balaban J connectivity index is 1.69. The van der Waals surface area contributed by atoms with Crippen molar-refractivity contribution in [3.63, 3.8) is 0 Å². The predicted octanol–water partition coefficient (Wildman–Crippen LogP) is 4.27. The summed E-state index contributed by atoms with van der Waals surface area (Å²) in [6.45, 7) is 0. The van der Waals surface area contributed by atoms with E-state index in [1.165, 1.54) is 6.07 Å². The molecule has 0 radical (unpaired) electrons. The van der Waals surface area contributed by atoms with E-state index in [-0.39, 0.29) is 16.1 Å². The zero-order valence-corrected chi connectivity index (χ0v) is 17.2. The summed E-state index contributed by atoms with van der Waals surface area (Å²) >= 11 is 0. The summed E-state index contributed by atoms with van der Waals surface area (Å²) in [7, 11) is -3.92. The lowest BCUT2D eigenvalue weighted by atomic mass is 10.1. The number of aromatic carboxylic acids is 1. The molecular formula is C24H15FN2O4S. The number of carboxylic acid groups (broad SMARTS) is 1. The molecule has 0 bridgehead atoms. The molecule has 6 nitrogen and oxygen atoms in total. The van der Waals surface area contributed by atoms with Gasteiger partial charge in [-0.15, -0.1) is 0 Å². The van der Waals surface area contributed by atoms with Crippen molar-refractivity contribution in [3.05, 3.63) is 102 Å². The number of benzene rings is 3. The van der Waals surface area contributed by atoms with Crippen LogP contribution in [0.25, 0.3) is 10.8 Å². The number of fused-ring (bicyclic) bond motifs is 1. The maximum Gasteiger partial charge on any atom is 0.357 e. The van der Waals surface area contributed by atoms with Gasteiger partial charge < -0.3 is 5.11 Å². The molecule has 8 heteroatoms. The monoisotopic (exact) mass is 446 g/mol. The van der Waals surface area contributed by atoms with Gasteiger partial charge in [0.15, 0.2) is 11.5 Å². The number of carbonyl (C=O) groups is 1. The van der Waals surface area contributed by atoms with E-state index < -0.39 is 27.5 Å². The number of halogens is 1. The van der Waals surface area contributed by atoms with Gasteiger partial charge in [0.25, 0.3) is 10.0 Å². The third kappa shape index (κ3) is 4.29. The van der Waals surface area contributed by atoms with Crippen molar-refractivity contribution < 1.29 is 22.7 Å². The second-order valence-corrected chi connectivity index (χ2v) is 8.39. The number of carboxylic acids is 1. The van der Waals surface area contributed by atoms with Gasteiger partial charge in [-0.25, -0.2) is 22.6 Å². The molecule has 4 aromatic rings. The highest BCUT2D eigenvalue weighted by atomic mass is 32.2. The van der Waals surface area contributed by atoms with Gasteiger partial charge in [0.2, 0.25) is 0 Å². The second kappa shape index (κ2) is 8.49. The Bertz CT molecular complexity index is 1520. The van der Waals surface area contributed by atoms with Crippen molar-refractivity contribution in [2.24, 2.45) is 0 Å². The number of nitrogens with one attached hydrogen (secondary N) is 1. The summed E-state index contributed by atoms with van der Waals surface area (Å²) in [5.41, 5.74) is 0.0700. The lowest BCUT2D eigenvalue weighted by Crippen LogP contribution is -2.14. The number of nitrogens with zero attached hydrogens (tertiary/aromatic N) is 1. The summed E-state index contributed by atoms with van der Waals surface area (Å²) in [5, 5.41) is 10.2. The fourth-order valence-electron chi connectivity index (χ4n) is 3.11. The van der Waals surface area contributed by atoms with Crippen molar-refractivity contribution >= 4 is 32.5 Å². The fourth-order valence-corrected chi connectivity index (χ4v) is 4.42. The first-order valence-corrected chi connectivity index (χ1v) is 10.8. The smallest absolute Gasteiger partial charge is 0.357 e. The first-order valence-electron chi connectivity index (χ1n) is 9.35. The molecule has 0 saturated heterocycles. The molecule has 0 spiro atoms. The van der Waals surface area contributed by atoms with E-state index in [1.807, 2.05) is 18.2 Å². The minimum Gasteiger partial charge on any atom is -0.476 e. The fraction of sp³-hybridized carbons (Fsp3) is 0. The molecule has 0 fully saturated rings. The Morgan fingerprint density at radius 3 is 2.47 bits per heavy atom. The van der Waals surface area contributed by atoms with Crippen LogP contribution in [0.5, 0.6) is 0 Å². The average Bonchev–Trinajstić information content (AvgIpc) is 2.77. The summed E-state index contributed by atoms with van der Waals surface area (Å²) in [6.07, 6.45) is 1.14. The third-order valence-corrected chi connectivity index (χ3v) is 6.02. The summed E-state index contributed by atoms with van der Waals surface area (Å²) in [5.74, 6) is 2.99. The van der Waals surface area contributed by atoms with Crippen LogP contribution >= 0.6 is 0 Å². The molecule has 0 aliphatic rings. The highest BCUT2D eigenvalue weighted by Crippen LogP contribution is 2.26. The lowest BCUT2D eigenvalue weighted by Gasteiger charge is -2.12. The van der Waals surface area contributed by atoms with E-state index in [0.717, 1.165) is 17.6 Å². The van der Waals surface area contributed by atoms with Crippen LogP contribution in [0.4, 0.5) is 10.1 Å². The van der Waals surface area contributed by atoms with Crippen LogP contribution in [0.2, 0.25) is 0 Å². The van der Waals surface area contributed by atoms with Gasteiger partial charge in [-0.2, -0.15) is 0 Å². The molecule has 0 unspecified atom stereocenters. The van der Waals surface area contributed by atoms with E-state index in [2.05, 4.69) is 21.5 Å². The molecule has 158 valence electrons. The molecule has 0 aliphatic carbocycles. The van der Waals surface area contributed by atoms with Crippen LogP contribution in [0, 0.1) is 17.7 Å². The maximum absolute atomic E-state index is 13.8. The Hall–Kier alpha value is -4.22. The first-order chi connectivity index (χ1) is 15.3. The average molecular weight is 446 g/mol. The van der Waals surface area contributed by atoms with Crippen molar-refractivity contribution in [2.45, 2.75) is 4.90 Å². The van der Waals surface area contributed by atoms with Gasteiger partial charge in [0.05, 0.1) is 10.6 Å². The van der Waals surface area contributed by atoms with Crippen LogP contribution in [-0.2, 0) is 10.0 Å². The number of sulfonamides is 1. The molecule has 3 aromatic carbocycles. The van der Waals surface area contributed by atoms with Crippen LogP contribution in [-0.4, -0.2) is 24.5 Å². The molecule has 32 heavy (non-hydrogen) atoms. The third-order valence-electron chi connectivity index (χ3n) is 4.60. The molecule has 0 atom stereocenters. The van der Waals surface area contributed by atoms with Crippen molar-refractivity contribution in [1.82, 2.24) is 4.98 Å². The predicted molar refractivity (Wildman–Crippen MR) is 118 cm³/mol. The van der Waals surface area contributed by atoms with E-state index in [0.29, 0.717) is 10.9 Å². The Labute approximate surface area is 183 Å².